The van der Waals surface area contributed by atoms with Crippen molar-refractivity contribution < 1.29 is 47.5 Å². The molecule has 0 saturated carbocycles. The standard InChI is InChI=1S/C39H42Cl4N4O10/c1-3-27-23(2)31(51-20-24-13-7-4-8-14-24)30(46-47-45)36(53-27)56-32-28(22-50-29(48)19-40)54-37(57-38(44)39(41,42)43)34(55-35(49)26-17-11-6-12-18-26)33(32)52-21-25-15-9-5-10-16-25/h4-18,23,27-28,30-34,36-37,44H,3,19-22H2,1-2H3. The quantitative estimate of drug-likeness (QED) is 0.0281. The number of alkyl halides is 4. The van der Waals surface area contributed by atoms with E-state index in [4.69, 9.17) is 89.7 Å². The number of hydrogen-bond acceptors (Lipinski definition) is 12. The number of carbonyl (C=O) groups is 2. The van der Waals surface area contributed by atoms with Gasteiger partial charge in [-0.15, -0.1) is 11.6 Å². The molecule has 2 heterocycles. The second-order valence-electron chi connectivity index (χ2n) is 13.2. The molecule has 5 rings (SSSR count). The molecule has 2 saturated heterocycles. The van der Waals surface area contributed by atoms with Gasteiger partial charge in [0.05, 0.1) is 31.0 Å². The van der Waals surface area contributed by atoms with E-state index in [1.807, 2.05) is 74.5 Å². The number of azide groups is 1. The van der Waals surface area contributed by atoms with Crippen LogP contribution in [0.15, 0.2) is 96.1 Å². The van der Waals surface area contributed by atoms with Gasteiger partial charge in [-0.2, -0.15) is 0 Å². The van der Waals surface area contributed by atoms with Gasteiger partial charge in [-0.05, 0) is 35.2 Å². The van der Waals surface area contributed by atoms with E-state index < -0.39 is 89.4 Å². The highest BCUT2D eigenvalue weighted by Crippen LogP contribution is 2.38. The molecule has 2 aliphatic rings. The summed E-state index contributed by atoms with van der Waals surface area (Å²) in [6, 6.07) is 25.6. The van der Waals surface area contributed by atoms with Gasteiger partial charge in [-0.3, -0.25) is 10.2 Å². The number of esters is 2. The summed E-state index contributed by atoms with van der Waals surface area (Å²) in [5, 5.41) is 12.5. The van der Waals surface area contributed by atoms with Crippen LogP contribution in [0.5, 0.6) is 0 Å². The summed E-state index contributed by atoms with van der Waals surface area (Å²) in [5.41, 5.74) is 11.6. The highest BCUT2D eigenvalue weighted by molar-refractivity contribution is 6.76. The molecule has 10 atom stereocenters. The number of rotatable bonds is 16. The maximum atomic E-state index is 13.7. The third-order valence-electron chi connectivity index (χ3n) is 9.33. The molecular weight excluding hydrogens is 826 g/mol. The molecule has 0 spiro atoms. The van der Waals surface area contributed by atoms with Crippen molar-refractivity contribution in [3.63, 3.8) is 0 Å². The Labute approximate surface area is 349 Å². The van der Waals surface area contributed by atoms with Crippen molar-refractivity contribution in [2.24, 2.45) is 11.0 Å². The summed E-state index contributed by atoms with van der Waals surface area (Å²) in [6.07, 6.45) is -9.07. The van der Waals surface area contributed by atoms with Gasteiger partial charge in [0.2, 0.25) is 12.2 Å². The Morgan fingerprint density at radius 2 is 1.37 bits per heavy atom. The third kappa shape index (κ3) is 12.2. The van der Waals surface area contributed by atoms with Gasteiger partial charge < -0.3 is 37.9 Å². The van der Waals surface area contributed by atoms with E-state index in [9.17, 15) is 15.1 Å². The van der Waals surface area contributed by atoms with Crippen LogP contribution in [0.2, 0.25) is 0 Å². The molecule has 306 valence electrons. The van der Waals surface area contributed by atoms with Gasteiger partial charge in [0, 0.05) is 10.8 Å². The lowest BCUT2D eigenvalue weighted by atomic mass is 9.87. The van der Waals surface area contributed by atoms with Crippen LogP contribution in [-0.4, -0.2) is 89.4 Å². The molecule has 2 fully saturated rings. The predicted molar refractivity (Wildman–Crippen MR) is 211 cm³/mol. The zero-order valence-corrected chi connectivity index (χ0v) is 33.9. The van der Waals surface area contributed by atoms with Crippen molar-refractivity contribution in [3.8, 4) is 0 Å². The monoisotopic (exact) mass is 866 g/mol. The second-order valence-corrected chi connectivity index (χ2v) is 15.7. The van der Waals surface area contributed by atoms with Crippen molar-refractivity contribution in [2.75, 3.05) is 12.5 Å². The molecule has 57 heavy (non-hydrogen) atoms. The lowest BCUT2D eigenvalue weighted by Gasteiger charge is -2.49. The Morgan fingerprint density at radius 3 is 1.91 bits per heavy atom. The average molecular weight is 869 g/mol. The maximum Gasteiger partial charge on any atom is 0.338 e. The van der Waals surface area contributed by atoms with Crippen LogP contribution < -0.4 is 0 Å². The summed E-state index contributed by atoms with van der Waals surface area (Å²) in [4.78, 5) is 29.3. The maximum absolute atomic E-state index is 13.7. The Kier molecular flexibility index (Phi) is 16.7. The first-order valence-corrected chi connectivity index (χ1v) is 19.7. The van der Waals surface area contributed by atoms with Gasteiger partial charge in [-0.25, -0.2) is 4.79 Å². The van der Waals surface area contributed by atoms with Gasteiger partial charge >= 0.3 is 11.9 Å². The van der Waals surface area contributed by atoms with E-state index in [1.165, 1.54) is 12.1 Å². The first-order valence-electron chi connectivity index (χ1n) is 18.0. The van der Waals surface area contributed by atoms with Crippen molar-refractivity contribution in [1.29, 1.82) is 5.41 Å². The zero-order chi connectivity index (χ0) is 41.0. The Morgan fingerprint density at radius 1 is 0.807 bits per heavy atom. The van der Waals surface area contributed by atoms with Crippen LogP contribution >= 0.6 is 46.4 Å². The van der Waals surface area contributed by atoms with Gasteiger partial charge in [0.15, 0.2) is 12.4 Å². The largest absolute Gasteiger partial charge is 0.462 e. The number of hydrogen-bond donors (Lipinski definition) is 1. The highest BCUT2D eigenvalue weighted by atomic mass is 35.6. The van der Waals surface area contributed by atoms with Crippen LogP contribution in [-0.2, 0) is 55.9 Å². The normalized spacial score (nSPS) is 27.4. The first-order chi connectivity index (χ1) is 27.4. The van der Waals surface area contributed by atoms with E-state index in [2.05, 4.69) is 10.0 Å². The smallest absolute Gasteiger partial charge is 0.338 e. The van der Waals surface area contributed by atoms with Crippen molar-refractivity contribution in [3.05, 3.63) is 118 Å². The van der Waals surface area contributed by atoms with Gasteiger partial charge in [0.1, 0.15) is 36.8 Å². The molecule has 3 aromatic rings. The van der Waals surface area contributed by atoms with Crippen LogP contribution in [0, 0.1) is 11.3 Å². The Balaban J connectivity index is 1.58. The molecule has 18 heteroatoms. The third-order valence-corrected chi connectivity index (χ3v) is 10.1. The van der Waals surface area contributed by atoms with Crippen LogP contribution in [0.1, 0.15) is 41.8 Å². The van der Waals surface area contributed by atoms with Crippen LogP contribution in [0.25, 0.3) is 10.4 Å². The summed E-state index contributed by atoms with van der Waals surface area (Å²) in [7, 11) is 0. The number of nitrogens with one attached hydrogen (secondary N) is 1. The summed E-state index contributed by atoms with van der Waals surface area (Å²) < 4.78 is 47.4. The summed E-state index contributed by atoms with van der Waals surface area (Å²) in [5.74, 6) is -3.21. The van der Waals surface area contributed by atoms with E-state index >= 15 is 0 Å². The fourth-order valence-corrected chi connectivity index (χ4v) is 6.71. The van der Waals surface area contributed by atoms with E-state index in [-0.39, 0.29) is 24.7 Å². The minimum Gasteiger partial charge on any atom is -0.462 e. The SMILES string of the molecule is CCC1OC(OC2C(COC(=O)CCl)OC(OC(=N)C(Cl)(Cl)Cl)C(OC(=O)c3ccccc3)C2OCc2ccccc2)C(N=[N+]=[N-])C(OCc2ccccc2)C1C. The average Bonchev–Trinajstić information content (AvgIpc) is 3.22. The molecule has 3 aromatic carbocycles. The molecular formula is C39H42Cl4N4O10. The number of carbonyl (C=O) groups excluding carboxylic acids is 2. The van der Waals surface area contributed by atoms with Crippen molar-refractivity contribution in [2.45, 2.75) is 92.5 Å². The molecule has 10 unspecified atom stereocenters. The van der Waals surface area contributed by atoms with E-state index in [0.717, 1.165) is 11.1 Å². The molecule has 0 amide bonds. The molecule has 2 aliphatic heterocycles. The van der Waals surface area contributed by atoms with Gasteiger partial charge in [0.25, 0.3) is 3.79 Å². The minimum atomic E-state index is -2.36. The number of nitrogens with zero attached hydrogens (tertiary/aromatic N) is 3. The van der Waals surface area contributed by atoms with Crippen molar-refractivity contribution >= 4 is 64.2 Å². The molecule has 0 radical (unpaired) electrons. The fourth-order valence-electron chi connectivity index (χ4n) is 6.50. The van der Waals surface area contributed by atoms with Crippen LogP contribution in [0.4, 0.5) is 0 Å². The number of halogens is 4. The predicted octanol–water partition coefficient (Wildman–Crippen LogP) is 8.09. The lowest BCUT2D eigenvalue weighted by Crippen LogP contribution is -2.65. The summed E-state index contributed by atoms with van der Waals surface area (Å²) >= 11 is 23.8. The summed E-state index contributed by atoms with van der Waals surface area (Å²) in [6.45, 7) is 3.52. The minimum absolute atomic E-state index is 0.0592. The van der Waals surface area contributed by atoms with Crippen molar-refractivity contribution in [1.82, 2.24) is 0 Å². The molecule has 1 N–H and O–H groups in total. The van der Waals surface area contributed by atoms with Crippen LogP contribution in [0.3, 0.4) is 0 Å². The van der Waals surface area contributed by atoms with E-state index in [0.29, 0.717) is 6.42 Å². The zero-order valence-electron chi connectivity index (χ0n) is 30.9. The topological polar surface area (TPSA) is 181 Å². The van der Waals surface area contributed by atoms with E-state index in [1.54, 1.807) is 18.2 Å². The molecule has 0 aliphatic carbocycles. The first kappa shape index (κ1) is 44.4. The fraction of sp³-hybridized carbons (Fsp3) is 0.462. The highest BCUT2D eigenvalue weighted by Gasteiger charge is 2.55. The lowest BCUT2D eigenvalue weighted by molar-refractivity contribution is -0.339. The molecule has 0 bridgehead atoms. The molecule has 14 nitrogen and oxygen atoms in total. The second kappa shape index (κ2) is 21.4. The Bertz CT molecular complexity index is 1810. The Hall–Kier alpha value is -3.66. The number of ether oxygens (including phenoxy) is 8. The molecule has 0 aromatic heterocycles. The number of benzene rings is 3. The van der Waals surface area contributed by atoms with Gasteiger partial charge in [-0.1, -0.05) is 133 Å².